The second-order valence-electron chi connectivity index (χ2n) is 3.18. The summed E-state index contributed by atoms with van der Waals surface area (Å²) >= 11 is 0. The molecule has 1 rings (SSSR count). The lowest BCUT2D eigenvalue weighted by atomic mass is 10.2. The van der Waals surface area contributed by atoms with Crippen LogP contribution in [-0.4, -0.2) is 39.5 Å². The molecule has 0 saturated heterocycles. The van der Waals surface area contributed by atoms with Crippen LogP contribution in [0.4, 0.5) is 0 Å². The molecule has 8 radical (unpaired) electrons. The van der Waals surface area contributed by atoms with E-state index in [1.807, 2.05) is 24.7 Å². The highest BCUT2D eigenvalue weighted by molar-refractivity contribution is 6.70. The molecule has 0 saturated carbocycles. The van der Waals surface area contributed by atoms with Gasteiger partial charge in [-0.1, -0.05) is 30.3 Å². The van der Waals surface area contributed by atoms with Crippen molar-refractivity contribution in [3.05, 3.63) is 35.9 Å². The predicted octanol–water partition coefficient (Wildman–Crippen LogP) is 1.05. The van der Waals surface area contributed by atoms with Crippen LogP contribution in [-0.2, 0) is 18.8 Å². The van der Waals surface area contributed by atoms with E-state index in [4.69, 9.17) is 12.3 Å². The zero-order valence-electron chi connectivity index (χ0n) is 9.03. The minimum atomic E-state index is -2.59. The van der Waals surface area contributed by atoms with E-state index in [0.29, 0.717) is 9.76 Å². The molecule has 1 aromatic carbocycles. The highest BCUT2D eigenvalue weighted by Gasteiger charge is 2.36. The summed E-state index contributed by atoms with van der Waals surface area (Å²) in [4.78, 5) is 0. The molecule has 16 heavy (non-hydrogen) atoms. The van der Waals surface area contributed by atoms with Crippen LogP contribution in [0.15, 0.2) is 30.3 Å². The molecule has 0 amide bonds. The molecule has 0 aliphatic carbocycles. The standard InChI is InChI=1S/C9H12O3Si4/c1-15-12-16(10-13,11-14)8-7-9-5-3-2-4-6-9/h2-6H,7-8H2,1H3. The van der Waals surface area contributed by atoms with Gasteiger partial charge >= 0.3 is 8.80 Å². The van der Waals surface area contributed by atoms with E-state index >= 15 is 0 Å². The van der Waals surface area contributed by atoms with Crippen molar-refractivity contribution in [2.45, 2.75) is 19.0 Å². The Kier molecular flexibility index (Phi) is 6.42. The number of aryl methyl sites for hydroxylation is 1. The Balaban J connectivity index is 2.56. The van der Waals surface area contributed by atoms with Crippen molar-refractivity contribution >= 4 is 39.5 Å². The minimum absolute atomic E-state index is 0.340. The topological polar surface area (TPSA) is 27.7 Å². The van der Waals surface area contributed by atoms with E-state index in [1.54, 1.807) is 0 Å². The second kappa shape index (κ2) is 7.32. The van der Waals surface area contributed by atoms with Gasteiger partial charge in [-0.3, -0.25) is 0 Å². The van der Waals surface area contributed by atoms with Gasteiger partial charge in [0.05, 0.1) is 0 Å². The number of hydrogen-bond acceptors (Lipinski definition) is 3. The highest BCUT2D eigenvalue weighted by Crippen LogP contribution is 2.16. The lowest BCUT2D eigenvalue weighted by Crippen LogP contribution is -2.45. The maximum Gasteiger partial charge on any atom is 0.469 e. The molecule has 0 atom stereocenters. The van der Waals surface area contributed by atoms with E-state index in [9.17, 15) is 0 Å². The van der Waals surface area contributed by atoms with Crippen LogP contribution in [0.3, 0.4) is 0 Å². The van der Waals surface area contributed by atoms with Gasteiger partial charge in [0.2, 0.25) is 30.7 Å². The van der Waals surface area contributed by atoms with Crippen LogP contribution in [0.2, 0.25) is 12.6 Å². The average molecular weight is 281 g/mol. The molecule has 0 N–H and O–H groups in total. The van der Waals surface area contributed by atoms with Gasteiger partial charge in [0.15, 0.2) is 0 Å². The van der Waals surface area contributed by atoms with Crippen LogP contribution < -0.4 is 0 Å². The van der Waals surface area contributed by atoms with Gasteiger partial charge in [-0.25, -0.2) is 0 Å². The van der Waals surface area contributed by atoms with Crippen LogP contribution in [0.5, 0.6) is 0 Å². The van der Waals surface area contributed by atoms with Crippen molar-refractivity contribution in [3.63, 3.8) is 0 Å². The molecular formula is C9H12O3Si4. The van der Waals surface area contributed by atoms with E-state index < -0.39 is 8.80 Å². The van der Waals surface area contributed by atoms with Crippen LogP contribution in [0, 0.1) is 0 Å². The summed E-state index contributed by atoms with van der Waals surface area (Å²) in [6.07, 6.45) is 0.868. The maximum atomic E-state index is 5.57. The Morgan fingerprint density at radius 3 is 2.31 bits per heavy atom. The first kappa shape index (κ1) is 14.0. The Hall–Kier alpha value is -0.0325. The summed E-state index contributed by atoms with van der Waals surface area (Å²) in [5, 5.41) is 0. The van der Waals surface area contributed by atoms with E-state index in [-0.39, 0.29) is 0 Å². The van der Waals surface area contributed by atoms with Crippen molar-refractivity contribution < 1.29 is 12.3 Å². The van der Waals surface area contributed by atoms with Crippen molar-refractivity contribution in [2.75, 3.05) is 0 Å². The van der Waals surface area contributed by atoms with E-state index in [1.165, 1.54) is 5.56 Å². The molecule has 0 bridgehead atoms. The van der Waals surface area contributed by atoms with Gasteiger partial charge in [-0.2, -0.15) is 0 Å². The van der Waals surface area contributed by atoms with Gasteiger partial charge in [0.25, 0.3) is 0 Å². The SMILES string of the molecule is C[Si]O[Si](CCc1ccccc1)(O[Si])O[Si]. The number of rotatable bonds is 7. The van der Waals surface area contributed by atoms with Crippen LogP contribution >= 0.6 is 0 Å². The lowest BCUT2D eigenvalue weighted by Gasteiger charge is -2.26. The summed E-state index contributed by atoms with van der Waals surface area (Å²) in [5.74, 6) is 0. The quantitative estimate of drug-likeness (QED) is 0.699. The largest absolute Gasteiger partial charge is 0.469 e. The van der Waals surface area contributed by atoms with Crippen molar-refractivity contribution in [1.82, 2.24) is 0 Å². The molecule has 0 aliphatic rings. The van der Waals surface area contributed by atoms with Crippen molar-refractivity contribution in [2.24, 2.45) is 0 Å². The fourth-order valence-corrected chi connectivity index (χ4v) is 6.00. The zero-order chi connectivity index (χ0) is 11.9. The molecule has 0 heterocycles. The first-order chi connectivity index (χ1) is 7.76. The average Bonchev–Trinajstić information content (AvgIpc) is 2.36. The summed E-state index contributed by atoms with van der Waals surface area (Å²) in [5.41, 5.74) is 1.25. The molecule has 7 heteroatoms. The first-order valence-corrected chi connectivity index (χ1v) is 9.00. The van der Waals surface area contributed by atoms with Gasteiger partial charge in [0.1, 0.15) is 0 Å². The number of hydrogen-bond donors (Lipinski definition) is 0. The van der Waals surface area contributed by atoms with Gasteiger partial charge in [-0.15, -0.1) is 0 Å². The third-order valence-electron chi connectivity index (χ3n) is 2.13. The van der Waals surface area contributed by atoms with Crippen LogP contribution in [0.25, 0.3) is 0 Å². The minimum Gasteiger partial charge on any atom is -0.416 e. The third-order valence-corrected chi connectivity index (χ3v) is 7.54. The Morgan fingerprint density at radius 1 is 1.19 bits per heavy atom. The summed E-state index contributed by atoms with van der Waals surface area (Å²) in [6.45, 7) is 1.95. The Morgan fingerprint density at radius 2 is 1.81 bits per heavy atom. The molecule has 82 valence electrons. The first-order valence-electron chi connectivity index (χ1n) is 4.84. The zero-order valence-corrected chi connectivity index (χ0v) is 13.0. The summed E-state index contributed by atoms with van der Waals surface area (Å²) in [6, 6.07) is 10.9. The molecule has 0 aliphatic heterocycles. The fourth-order valence-electron chi connectivity index (χ4n) is 1.31. The van der Waals surface area contributed by atoms with E-state index in [2.05, 4.69) is 33.1 Å². The second-order valence-corrected chi connectivity index (χ2v) is 7.90. The fraction of sp³-hybridized carbons (Fsp3) is 0.333. The molecule has 0 unspecified atom stereocenters. The van der Waals surface area contributed by atoms with Crippen molar-refractivity contribution in [1.29, 1.82) is 0 Å². The smallest absolute Gasteiger partial charge is 0.416 e. The molecule has 0 spiro atoms. The van der Waals surface area contributed by atoms with Gasteiger partial charge in [0, 0.05) is 6.04 Å². The molecular weight excluding hydrogens is 268 g/mol. The lowest BCUT2D eigenvalue weighted by molar-refractivity contribution is 0.290. The maximum absolute atomic E-state index is 5.57. The van der Waals surface area contributed by atoms with Crippen molar-refractivity contribution in [3.8, 4) is 0 Å². The Labute approximate surface area is 107 Å². The van der Waals surface area contributed by atoms with Gasteiger partial charge < -0.3 is 12.3 Å². The Bertz CT molecular complexity index is 292. The third kappa shape index (κ3) is 4.09. The number of benzene rings is 1. The molecule has 3 nitrogen and oxygen atoms in total. The molecule has 1 aromatic rings. The van der Waals surface area contributed by atoms with E-state index in [0.717, 1.165) is 12.5 Å². The predicted molar refractivity (Wildman–Crippen MR) is 67.1 cm³/mol. The normalized spacial score (nSPS) is 11.7. The van der Waals surface area contributed by atoms with Crippen LogP contribution in [0.1, 0.15) is 5.56 Å². The highest BCUT2D eigenvalue weighted by atomic mass is 28.5. The summed E-state index contributed by atoms with van der Waals surface area (Å²) < 4.78 is 16.0. The molecule has 0 fully saturated rings. The monoisotopic (exact) mass is 280 g/mol. The van der Waals surface area contributed by atoms with Gasteiger partial charge in [-0.05, 0) is 18.5 Å². The molecule has 0 aromatic heterocycles. The summed E-state index contributed by atoms with van der Waals surface area (Å²) in [7, 11) is 3.84.